The molecule has 8 rings (SSSR count). The van der Waals surface area contributed by atoms with E-state index in [0.717, 1.165) is 5.39 Å². The van der Waals surface area contributed by atoms with Crippen LogP contribution in [0.1, 0.15) is 0 Å². The van der Waals surface area contributed by atoms with Gasteiger partial charge < -0.3 is 0 Å². The number of nitrogens with zero attached hydrogens (tertiary/aromatic N) is 1. The average molecular weight is 508 g/mol. The summed E-state index contributed by atoms with van der Waals surface area (Å²) in [7, 11) is 0. The minimum atomic E-state index is 1.16. The maximum absolute atomic E-state index is 4.66. The van der Waals surface area contributed by atoms with Gasteiger partial charge >= 0.3 is 0 Å². The van der Waals surface area contributed by atoms with Crippen molar-refractivity contribution >= 4 is 43.1 Å². The van der Waals surface area contributed by atoms with Crippen molar-refractivity contribution in [1.29, 1.82) is 0 Å². The molecule has 1 nitrogen and oxygen atoms in total. The van der Waals surface area contributed by atoms with Crippen molar-refractivity contribution in [3.8, 4) is 33.4 Å². The van der Waals surface area contributed by atoms with Crippen LogP contribution in [0.25, 0.3) is 76.5 Å². The highest BCUT2D eigenvalue weighted by molar-refractivity contribution is 6.23. The number of hydrogen-bond acceptors (Lipinski definition) is 1. The van der Waals surface area contributed by atoms with Crippen LogP contribution in [-0.2, 0) is 0 Å². The first-order valence-corrected chi connectivity index (χ1v) is 13.7. The van der Waals surface area contributed by atoms with Gasteiger partial charge in [-0.25, -0.2) is 0 Å². The van der Waals surface area contributed by atoms with Gasteiger partial charge in [0.2, 0.25) is 0 Å². The molecule has 0 radical (unpaired) electrons. The van der Waals surface area contributed by atoms with Crippen LogP contribution in [0.5, 0.6) is 0 Å². The van der Waals surface area contributed by atoms with E-state index in [1.165, 1.54) is 71.1 Å². The molecule has 186 valence electrons. The van der Waals surface area contributed by atoms with Crippen LogP contribution in [0.15, 0.2) is 152 Å². The topological polar surface area (TPSA) is 12.9 Å². The fraction of sp³-hybridized carbons (Fsp3) is 0. The highest BCUT2D eigenvalue weighted by Gasteiger charge is 2.20. The molecule has 0 fully saturated rings. The molecule has 0 amide bonds. The second-order valence-electron chi connectivity index (χ2n) is 10.4. The molecule has 1 aromatic heterocycles. The molecule has 0 saturated heterocycles. The highest BCUT2D eigenvalue weighted by Crippen LogP contribution is 2.47. The highest BCUT2D eigenvalue weighted by atomic mass is 14.6. The van der Waals surface area contributed by atoms with Crippen molar-refractivity contribution in [2.75, 3.05) is 0 Å². The minimum Gasteiger partial charge on any atom is -0.264 e. The molecule has 0 aliphatic carbocycles. The summed E-state index contributed by atoms with van der Waals surface area (Å²) in [5.41, 5.74) is 7.37. The molecule has 40 heavy (non-hydrogen) atoms. The van der Waals surface area contributed by atoms with Gasteiger partial charge in [-0.15, -0.1) is 0 Å². The van der Waals surface area contributed by atoms with E-state index in [-0.39, 0.29) is 0 Å². The normalized spacial score (nSPS) is 11.5. The largest absolute Gasteiger partial charge is 0.264 e. The van der Waals surface area contributed by atoms with E-state index in [9.17, 15) is 0 Å². The standard InChI is InChI=1S/C39H25N/c1-2-11-27(12-3-1)35-23-29-14-6-7-15-30(29)24-36(35)39-33-17-9-8-16-32(33)38(34-20-21-40-25-37(34)39)31-19-18-26-10-4-5-13-28(26)22-31/h1-25H. The van der Waals surface area contributed by atoms with Crippen LogP contribution in [0.3, 0.4) is 0 Å². The fourth-order valence-corrected chi connectivity index (χ4v) is 6.27. The van der Waals surface area contributed by atoms with E-state index in [2.05, 4.69) is 145 Å². The molecule has 0 N–H and O–H groups in total. The van der Waals surface area contributed by atoms with Gasteiger partial charge in [-0.1, -0.05) is 115 Å². The van der Waals surface area contributed by atoms with Crippen molar-refractivity contribution in [2.45, 2.75) is 0 Å². The molecule has 1 heteroatoms. The molecule has 0 spiro atoms. The van der Waals surface area contributed by atoms with E-state index in [1.807, 2.05) is 12.4 Å². The van der Waals surface area contributed by atoms with Crippen molar-refractivity contribution in [1.82, 2.24) is 4.98 Å². The molecule has 0 bridgehead atoms. The maximum Gasteiger partial charge on any atom is 0.0353 e. The predicted molar refractivity (Wildman–Crippen MR) is 171 cm³/mol. The van der Waals surface area contributed by atoms with Gasteiger partial charge in [0.25, 0.3) is 0 Å². The number of rotatable bonds is 3. The third kappa shape index (κ3) is 3.60. The Balaban J connectivity index is 1.53. The first kappa shape index (κ1) is 22.7. The molecular weight excluding hydrogens is 482 g/mol. The van der Waals surface area contributed by atoms with E-state index >= 15 is 0 Å². The SMILES string of the molecule is c1ccc(-c2cc3ccccc3cc2-c2c3ccccc3c(-c3ccc4ccccc4c3)c3ccncc23)cc1. The van der Waals surface area contributed by atoms with Crippen LogP contribution in [-0.4, -0.2) is 4.98 Å². The van der Waals surface area contributed by atoms with Crippen LogP contribution in [0.2, 0.25) is 0 Å². The second-order valence-corrected chi connectivity index (χ2v) is 10.4. The summed E-state index contributed by atoms with van der Waals surface area (Å²) in [6, 6.07) is 50.5. The van der Waals surface area contributed by atoms with Crippen molar-refractivity contribution in [3.63, 3.8) is 0 Å². The summed E-state index contributed by atoms with van der Waals surface area (Å²) < 4.78 is 0. The van der Waals surface area contributed by atoms with Gasteiger partial charge in [0.05, 0.1) is 0 Å². The van der Waals surface area contributed by atoms with Crippen molar-refractivity contribution in [3.05, 3.63) is 152 Å². The van der Waals surface area contributed by atoms with Gasteiger partial charge in [-0.2, -0.15) is 0 Å². The van der Waals surface area contributed by atoms with Crippen LogP contribution >= 0.6 is 0 Å². The molecule has 0 aliphatic heterocycles. The number of benzene rings is 7. The Morgan fingerprint density at radius 2 is 0.925 bits per heavy atom. The minimum absolute atomic E-state index is 1.16. The Labute approximate surface area is 233 Å². The second kappa shape index (κ2) is 9.18. The number of pyridine rings is 1. The van der Waals surface area contributed by atoms with Crippen molar-refractivity contribution in [2.24, 2.45) is 0 Å². The Morgan fingerprint density at radius 3 is 1.68 bits per heavy atom. The van der Waals surface area contributed by atoms with Crippen molar-refractivity contribution < 1.29 is 0 Å². The molecule has 0 atom stereocenters. The molecule has 1 heterocycles. The summed E-state index contributed by atoms with van der Waals surface area (Å²) in [4.78, 5) is 4.66. The van der Waals surface area contributed by atoms with E-state index in [1.54, 1.807) is 0 Å². The number of aromatic nitrogens is 1. The van der Waals surface area contributed by atoms with Gasteiger partial charge in [-0.05, 0) is 95.3 Å². The third-order valence-electron chi connectivity index (χ3n) is 8.10. The smallest absolute Gasteiger partial charge is 0.0353 e. The van der Waals surface area contributed by atoms with Gasteiger partial charge in [0.1, 0.15) is 0 Å². The molecule has 0 unspecified atom stereocenters. The number of fused-ring (bicyclic) bond motifs is 4. The monoisotopic (exact) mass is 507 g/mol. The lowest BCUT2D eigenvalue weighted by molar-refractivity contribution is 1.37. The lowest BCUT2D eigenvalue weighted by atomic mass is 9.83. The van der Waals surface area contributed by atoms with E-state index in [4.69, 9.17) is 0 Å². The Bertz CT molecular complexity index is 2150. The molecule has 0 aliphatic rings. The summed E-state index contributed by atoms with van der Waals surface area (Å²) >= 11 is 0. The van der Waals surface area contributed by atoms with E-state index in [0.29, 0.717) is 0 Å². The predicted octanol–water partition coefficient (Wildman–Crippen LogP) is 10.7. The molecule has 8 aromatic rings. The maximum atomic E-state index is 4.66. The molecule has 0 saturated carbocycles. The zero-order valence-electron chi connectivity index (χ0n) is 21.9. The quantitative estimate of drug-likeness (QED) is 0.217. The van der Waals surface area contributed by atoms with E-state index < -0.39 is 0 Å². The van der Waals surface area contributed by atoms with Crippen LogP contribution < -0.4 is 0 Å². The first-order valence-electron chi connectivity index (χ1n) is 13.7. The summed E-state index contributed by atoms with van der Waals surface area (Å²) in [6.45, 7) is 0. The lowest BCUT2D eigenvalue weighted by Crippen LogP contribution is -1.94. The van der Waals surface area contributed by atoms with Gasteiger partial charge in [0, 0.05) is 17.8 Å². The lowest BCUT2D eigenvalue weighted by Gasteiger charge is -2.20. The summed E-state index contributed by atoms with van der Waals surface area (Å²) in [6.07, 6.45) is 3.97. The number of hydrogen-bond donors (Lipinski definition) is 0. The Kier molecular flexibility index (Phi) is 5.21. The fourth-order valence-electron chi connectivity index (χ4n) is 6.27. The first-order chi connectivity index (χ1) is 19.8. The van der Waals surface area contributed by atoms with Crippen LogP contribution in [0.4, 0.5) is 0 Å². The zero-order chi connectivity index (χ0) is 26.5. The van der Waals surface area contributed by atoms with Gasteiger partial charge in [0.15, 0.2) is 0 Å². The molecule has 7 aromatic carbocycles. The van der Waals surface area contributed by atoms with Crippen LogP contribution in [0, 0.1) is 0 Å². The summed E-state index contributed by atoms with van der Waals surface area (Å²) in [5.74, 6) is 0. The van der Waals surface area contributed by atoms with Gasteiger partial charge in [-0.3, -0.25) is 4.98 Å². The Hall–Kier alpha value is -5.27. The Morgan fingerprint density at radius 1 is 0.350 bits per heavy atom. The molecular formula is C39H25N. The zero-order valence-corrected chi connectivity index (χ0v) is 21.9. The average Bonchev–Trinajstić information content (AvgIpc) is 3.03. The summed E-state index contributed by atoms with van der Waals surface area (Å²) in [5, 5.41) is 9.83. The third-order valence-corrected chi connectivity index (χ3v) is 8.10.